The lowest BCUT2D eigenvalue weighted by Crippen LogP contribution is -2.16. The SMILES string of the molecule is O=C(O)CC1(c2ncc3sccn23)CC1. The average molecular weight is 222 g/mol. The summed E-state index contributed by atoms with van der Waals surface area (Å²) in [5, 5.41) is 10.9. The van der Waals surface area contributed by atoms with Crippen molar-refractivity contribution in [1.29, 1.82) is 0 Å². The molecule has 0 radical (unpaired) electrons. The van der Waals surface area contributed by atoms with Crippen LogP contribution in [0.1, 0.15) is 25.1 Å². The fourth-order valence-corrected chi connectivity index (χ4v) is 2.75. The number of carbonyl (C=O) groups is 1. The van der Waals surface area contributed by atoms with E-state index in [9.17, 15) is 4.79 Å². The fourth-order valence-electron chi connectivity index (χ4n) is 2.05. The molecule has 0 aliphatic heterocycles. The van der Waals surface area contributed by atoms with E-state index in [4.69, 9.17) is 5.11 Å². The van der Waals surface area contributed by atoms with Gasteiger partial charge in [-0.15, -0.1) is 11.3 Å². The molecule has 0 atom stereocenters. The normalized spacial score (nSPS) is 18.1. The van der Waals surface area contributed by atoms with Gasteiger partial charge in [-0.2, -0.15) is 0 Å². The number of hydrogen-bond donors (Lipinski definition) is 1. The van der Waals surface area contributed by atoms with Gasteiger partial charge in [0.2, 0.25) is 0 Å². The molecule has 1 fully saturated rings. The van der Waals surface area contributed by atoms with E-state index in [0.29, 0.717) is 0 Å². The Kier molecular flexibility index (Phi) is 1.68. The summed E-state index contributed by atoms with van der Waals surface area (Å²) >= 11 is 1.62. The molecule has 1 aliphatic rings. The molecule has 78 valence electrons. The van der Waals surface area contributed by atoms with Crippen LogP contribution in [-0.4, -0.2) is 20.5 Å². The number of imidazole rings is 1. The molecule has 0 spiro atoms. The van der Waals surface area contributed by atoms with Crippen LogP contribution >= 0.6 is 11.3 Å². The van der Waals surface area contributed by atoms with E-state index in [1.54, 1.807) is 11.3 Å². The van der Waals surface area contributed by atoms with Gasteiger partial charge < -0.3 is 5.11 Å². The highest BCUT2D eigenvalue weighted by Crippen LogP contribution is 2.50. The van der Waals surface area contributed by atoms with Crippen LogP contribution in [0.3, 0.4) is 0 Å². The number of rotatable bonds is 3. The third-order valence-corrected chi connectivity index (χ3v) is 3.78. The summed E-state index contributed by atoms with van der Waals surface area (Å²) in [4.78, 5) is 16.2. The molecular weight excluding hydrogens is 212 g/mol. The number of carboxylic acids is 1. The number of thiazole rings is 1. The largest absolute Gasteiger partial charge is 0.481 e. The van der Waals surface area contributed by atoms with Crippen molar-refractivity contribution in [1.82, 2.24) is 9.38 Å². The molecule has 1 N–H and O–H groups in total. The van der Waals surface area contributed by atoms with Gasteiger partial charge in [0.1, 0.15) is 10.7 Å². The van der Waals surface area contributed by atoms with E-state index in [-0.39, 0.29) is 11.8 Å². The maximum Gasteiger partial charge on any atom is 0.304 e. The van der Waals surface area contributed by atoms with Crippen molar-refractivity contribution in [2.75, 3.05) is 0 Å². The maximum absolute atomic E-state index is 10.8. The van der Waals surface area contributed by atoms with Gasteiger partial charge in [-0.3, -0.25) is 9.20 Å². The second-order valence-electron chi connectivity index (χ2n) is 4.04. The van der Waals surface area contributed by atoms with Crippen LogP contribution in [0.15, 0.2) is 17.8 Å². The van der Waals surface area contributed by atoms with Gasteiger partial charge in [0, 0.05) is 17.0 Å². The van der Waals surface area contributed by atoms with E-state index >= 15 is 0 Å². The standard InChI is InChI=1S/C10H10N2O2S/c13-8(14)5-10(1-2-10)9-11-6-7-12(9)3-4-15-7/h3-4,6H,1-2,5H2,(H,13,14). The minimum atomic E-state index is -0.737. The van der Waals surface area contributed by atoms with Crippen LogP contribution < -0.4 is 0 Å². The molecule has 15 heavy (non-hydrogen) atoms. The molecular formula is C10H10N2O2S. The highest BCUT2D eigenvalue weighted by molar-refractivity contribution is 7.15. The van der Waals surface area contributed by atoms with Crippen molar-refractivity contribution >= 4 is 22.1 Å². The number of nitrogens with zero attached hydrogens (tertiary/aromatic N) is 2. The summed E-state index contributed by atoms with van der Waals surface area (Å²) < 4.78 is 2.01. The monoisotopic (exact) mass is 222 g/mol. The molecule has 2 aromatic heterocycles. The molecule has 2 aromatic rings. The summed E-state index contributed by atoms with van der Waals surface area (Å²) in [6.45, 7) is 0. The van der Waals surface area contributed by atoms with Crippen LogP contribution in [0.4, 0.5) is 0 Å². The summed E-state index contributed by atoms with van der Waals surface area (Å²) in [6, 6.07) is 0. The van der Waals surface area contributed by atoms with Crippen LogP contribution in [0, 0.1) is 0 Å². The molecule has 0 saturated heterocycles. The first-order valence-electron chi connectivity index (χ1n) is 4.84. The first-order valence-corrected chi connectivity index (χ1v) is 5.72. The first-order chi connectivity index (χ1) is 7.21. The number of hydrogen-bond acceptors (Lipinski definition) is 3. The number of carboxylic acid groups (broad SMARTS) is 1. The molecule has 4 nitrogen and oxygen atoms in total. The van der Waals surface area contributed by atoms with Crippen LogP contribution in [-0.2, 0) is 10.2 Å². The Hall–Kier alpha value is -1.36. The fraction of sp³-hybridized carbons (Fsp3) is 0.400. The van der Waals surface area contributed by atoms with Crippen molar-refractivity contribution in [2.24, 2.45) is 0 Å². The molecule has 1 aliphatic carbocycles. The molecule has 5 heteroatoms. The maximum atomic E-state index is 10.8. The Bertz CT molecular complexity index is 524. The number of aliphatic carboxylic acids is 1. The van der Waals surface area contributed by atoms with E-state index in [1.165, 1.54) is 0 Å². The molecule has 2 heterocycles. The second-order valence-corrected chi connectivity index (χ2v) is 4.97. The molecule has 0 aromatic carbocycles. The number of fused-ring (bicyclic) bond motifs is 1. The minimum Gasteiger partial charge on any atom is -0.481 e. The lowest BCUT2D eigenvalue weighted by atomic mass is 10.0. The Morgan fingerprint density at radius 3 is 3.13 bits per heavy atom. The van der Waals surface area contributed by atoms with E-state index in [2.05, 4.69) is 4.98 Å². The highest BCUT2D eigenvalue weighted by Gasteiger charge is 2.49. The highest BCUT2D eigenvalue weighted by atomic mass is 32.1. The third kappa shape index (κ3) is 1.26. The van der Waals surface area contributed by atoms with Gasteiger partial charge in [0.25, 0.3) is 0 Å². The summed E-state index contributed by atoms with van der Waals surface area (Å²) in [5.74, 6) is 0.181. The Balaban J connectivity index is 2.07. The minimum absolute atomic E-state index is 0.195. The summed E-state index contributed by atoms with van der Waals surface area (Å²) in [5.41, 5.74) is -0.195. The van der Waals surface area contributed by atoms with Gasteiger partial charge >= 0.3 is 5.97 Å². The van der Waals surface area contributed by atoms with Gasteiger partial charge in [0.05, 0.1) is 12.6 Å². The molecule has 3 rings (SSSR count). The smallest absolute Gasteiger partial charge is 0.304 e. The van der Waals surface area contributed by atoms with Crippen molar-refractivity contribution in [3.05, 3.63) is 23.6 Å². The van der Waals surface area contributed by atoms with E-state index in [1.807, 2.05) is 22.2 Å². The lowest BCUT2D eigenvalue weighted by molar-refractivity contribution is -0.137. The second kappa shape index (κ2) is 2.82. The van der Waals surface area contributed by atoms with Crippen molar-refractivity contribution in [3.63, 3.8) is 0 Å². The van der Waals surface area contributed by atoms with Crippen molar-refractivity contribution < 1.29 is 9.90 Å². The van der Waals surface area contributed by atoms with Crippen LogP contribution in [0.5, 0.6) is 0 Å². The zero-order valence-corrected chi connectivity index (χ0v) is 8.83. The predicted octanol–water partition coefficient (Wildman–Crippen LogP) is 1.90. The van der Waals surface area contributed by atoms with E-state index < -0.39 is 5.97 Å². The van der Waals surface area contributed by atoms with Gasteiger partial charge in [-0.1, -0.05) is 0 Å². The molecule has 0 amide bonds. The average Bonchev–Trinajstić information content (AvgIpc) is 2.62. The predicted molar refractivity (Wildman–Crippen MR) is 56.2 cm³/mol. The zero-order chi connectivity index (χ0) is 10.5. The zero-order valence-electron chi connectivity index (χ0n) is 8.01. The van der Waals surface area contributed by atoms with Crippen molar-refractivity contribution in [2.45, 2.75) is 24.7 Å². The Morgan fingerprint density at radius 1 is 1.67 bits per heavy atom. The topological polar surface area (TPSA) is 54.6 Å². The number of aromatic nitrogens is 2. The van der Waals surface area contributed by atoms with E-state index in [0.717, 1.165) is 23.5 Å². The first kappa shape index (κ1) is 8.91. The van der Waals surface area contributed by atoms with Gasteiger partial charge in [-0.05, 0) is 12.8 Å². The summed E-state index contributed by atoms with van der Waals surface area (Å²) in [6.07, 6.45) is 5.86. The van der Waals surface area contributed by atoms with Crippen LogP contribution in [0.2, 0.25) is 0 Å². The van der Waals surface area contributed by atoms with Gasteiger partial charge in [-0.25, -0.2) is 4.98 Å². The lowest BCUT2D eigenvalue weighted by Gasteiger charge is -2.09. The molecule has 1 saturated carbocycles. The van der Waals surface area contributed by atoms with Crippen molar-refractivity contribution in [3.8, 4) is 0 Å². The molecule has 0 unspecified atom stereocenters. The summed E-state index contributed by atoms with van der Waals surface area (Å²) in [7, 11) is 0. The quantitative estimate of drug-likeness (QED) is 0.863. The Morgan fingerprint density at radius 2 is 2.47 bits per heavy atom. The van der Waals surface area contributed by atoms with Gasteiger partial charge in [0.15, 0.2) is 0 Å². The Labute approximate surface area is 90.2 Å². The molecule has 0 bridgehead atoms. The third-order valence-electron chi connectivity index (χ3n) is 2.98. The van der Waals surface area contributed by atoms with Crippen LogP contribution in [0.25, 0.3) is 4.83 Å².